The van der Waals surface area contributed by atoms with E-state index in [1.165, 1.54) is 5.56 Å². The summed E-state index contributed by atoms with van der Waals surface area (Å²) >= 11 is 6.98. The van der Waals surface area contributed by atoms with E-state index in [0.717, 1.165) is 41.7 Å². The number of likely N-dealkylation sites (N-methyl/N-ethyl adjacent to an activating group) is 1. The summed E-state index contributed by atoms with van der Waals surface area (Å²) in [7, 11) is 3.84. The third-order valence-electron chi connectivity index (χ3n) is 2.66. The van der Waals surface area contributed by atoms with Crippen LogP contribution < -0.4 is 5.32 Å². The average Bonchev–Trinajstić information content (AvgIpc) is 2.36. The Morgan fingerprint density at radius 2 is 2.00 bits per heavy atom. The van der Waals surface area contributed by atoms with Crippen LogP contribution in [0.3, 0.4) is 0 Å². The first kappa shape index (κ1) is 16.1. The number of ether oxygens (including phenoxy) is 1. The lowest BCUT2D eigenvalue weighted by atomic mass is 10.2. The Labute approximate surface area is 126 Å². The van der Waals surface area contributed by atoms with Crippen LogP contribution in [0.1, 0.15) is 5.56 Å². The molecule has 0 bridgehead atoms. The highest BCUT2D eigenvalue weighted by Gasteiger charge is 2.00. The van der Waals surface area contributed by atoms with Gasteiger partial charge in [-0.05, 0) is 56.6 Å². The van der Waals surface area contributed by atoms with E-state index in [0.29, 0.717) is 0 Å². The fourth-order valence-corrected chi connectivity index (χ4v) is 2.18. The monoisotopic (exact) mass is 378 g/mol. The highest BCUT2D eigenvalue weighted by molar-refractivity contribution is 9.13. The Hall–Kier alpha value is 0.0600. The van der Waals surface area contributed by atoms with E-state index >= 15 is 0 Å². The molecule has 18 heavy (non-hydrogen) atoms. The highest BCUT2D eigenvalue weighted by Crippen LogP contribution is 2.23. The van der Waals surface area contributed by atoms with Crippen molar-refractivity contribution in [1.29, 1.82) is 0 Å². The van der Waals surface area contributed by atoms with Gasteiger partial charge in [0.1, 0.15) is 0 Å². The van der Waals surface area contributed by atoms with Gasteiger partial charge in [-0.15, -0.1) is 0 Å². The van der Waals surface area contributed by atoms with Gasteiger partial charge in [0, 0.05) is 42.2 Å². The van der Waals surface area contributed by atoms with Crippen LogP contribution in [0.2, 0.25) is 0 Å². The molecule has 0 aromatic heterocycles. The van der Waals surface area contributed by atoms with Gasteiger partial charge >= 0.3 is 0 Å². The van der Waals surface area contributed by atoms with Gasteiger partial charge in [-0.2, -0.15) is 0 Å². The quantitative estimate of drug-likeness (QED) is 0.703. The Morgan fingerprint density at radius 1 is 1.22 bits per heavy atom. The van der Waals surface area contributed by atoms with Crippen LogP contribution in [-0.2, 0) is 11.3 Å². The maximum atomic E-state index is 5.04. The maximum absolute atomic E-state index is 5.04. The Bertz CT molecular complexity index is 361. The number of rotatable bonds is 8. The Balaban J connectivity index is 2.19. The zero-order valence-electron chi connectivity index (χ0n) is 10.9. The van der Waals surface area contributed by atoms with Crippen molar-refractivity contribution in [2.24, 2.45) is 0 Å². The topological polar surface area (TPSA) is 24.5 Å². The van der Waals surface area contributed by atoms with Gasteiger partial charge in [-0.1, -0.05) is 6.07 Å². The molecule has 0 atom stereocenters. The number of hydrogen-bond donors (Lipinski definition) is 1. The number of halogens is 2. The summed E-state index contributed by atoms with van der Waals surface area (Å²) in [5, 5.41) is 3.44. The van der Waals surface area contributed by atoms with E-state index in [4.69, 9.17) is 4.74 Å². The van der Waals surface area contributed by atoms with Crippen LogP contribution in [0.25, 0.3) is 0 Å². The molecule has 0 unspecified atom stereocenters. The molecule has 0 aliphatic rings. The third-order valence-corrected chi connectivity index (χ3v) is 4.54. The molecule has 1 N–H and O–H groups in total. The molecule has 0 heterocycles. The first-order valence-electron chi connectivity index (χ1n) is 5.95. The van der Waals surface area contributed by atoms with Crippen LogP contribution in [0.5, 0.6) is 0 Å². The van der Waals surface area contributed by atoms with Crippen molar-refractivity contribution in [3.63, 3.8) is 0 Å². The van der Waals surface area contributed by atoms with Gasteiger partial charge in [-0.3, -0.25) is 0 Å². The summed E-state index contributed by atoms with van der Waals surface area (Å²) in [5.74, 6) is 0. The summed E-state index contributed by atoms with van der Waals surface area (Å²) in [4.78, 5) is 2.26. The van der Waals surface area contributed by atoms with E-state index in [-0.39, 0.29) is 0 Å². The molecule has 0 radical (unpaired) electrons. The number of nitrogens with one attached hydrogen (secondary N) is 1. The van der Waals surface area contributed by atoms with Crippen molar-refractivity contribution < 1.29 is 4.74 Å². The van der Waals surface area contributed by atoms with Crippen LogP contribution in [0, 0.1) is 0 Å². The summed E-state index contributed by atoms with van der Waals surface area (Å²) < 4.78 is 7.23. The number of benzene rings is 1. The minimum atomic E-state index is 0.788. The van der Waals surface area contributed by atoms with Crippen molar-refractivity contribution in [1.82, 2.24) is 10.2 Å². The lowest BCUT2D eigenvalue weighted by Gasteiger charge is -2.16. The van der Waals surface area contributed by atoms with Gasteiger partial charge in [0.25, 0.3) is 0 Å². The largest absolute Gasteiger partial charge is 0.383 e. The molecular weight excluding hydrogens is 360 g/mol. The maximum Gasteiger partial charge on any atom is 0.0589 e. The molecule has 1 aromatic carbocycles. The van der Waals surface area contributed by atoms with Crippen molar-refractivity contribution >= 4 is 31.9 Å². The molecule has 0 saturated carbocycles. The molecule has 1 rings (SSSR count). The molecule has 0 saturated heterocycles. The molecule has 0 fully saturated rings. The van der Waals surface area contributed by atoms with Gasteiger partial charge in [0.2, 0.25) is 0 Å². The molecule has 0 aliphatic carbocycles. The van der Waals surface area contributed by atoms with Crippen molar-refractivity contribution in [2.45, 2.75) is 6.54 Å². The molecule has 102 valence electrons. The lowest BCUT2D eigenvalue weighted by Crippen LogP contribution is -2.31. The smallest absolute Gasteiger partial charge is 0.0589 e. The highest BCUT2D eigenvalue weighted by atomic mass is 79.9. The number of nitrogens with zero attached hydrogens (tertiary/aromatic N) is 1. The van der Waals surface area contributed by atoms with Crippen molar-refractivity contribution in [2.75, 3.05) is 40.4 Å². The first-order valence-corrected chi connectivity index (χ1v) is 7.54. The fraction of sp³-hybridized carbons (Fsp3) is 0.538. The minimum absolute atomic E-state index is 0.788. The summed E-state index contributed by atoms with van der Waals surface area (Å²) in [6.45, 7) is 4.66. The summed E-state index contributed by atoms with van der Waals surface area (Å²) in [6.07, 6.45) is 0. The van der Waals surface area contributed by atoms with E-state index in [1.54, 1.807) is 7.11 Å². The average molecular weight is 380 g/mol. The molecule has 1 aromatic rings. The lowest BCUT2D eigenvalue weighted by molar-refractivity contribution is 0.161. The molecule has 5 heteroatoms. The zero-order valence-corrected chi connectivity index (χ0v) is 14.1. The van der Waals surface area contributed by atoms with Crippen molar-refractivity contribution in [3.05, 3.63) is 32.7 Å². The van der Waals surface area contributed by atoms with E-state index < -0.39 is 0 Å². The predicted octanol–water partition coefficient (Wildman–Crippen LogP) is 2.88. The Morgan fingerprint density at radius 3 is 2.67 bits per heavy atom. The number of hydrogen-bond acceptors (Lipinski definition) is 3. The zero-order chi connectivity index (χ0) is 13.4. The molecule has 0 aliphatic heterocycles. The minimum Gasteiger partial charge on any atom is -0.383 e. The van der Waals surface area contributed by atoms with Gasteiger partial charge in [0.15, 0.2) is 0 Å². The fourth-order valence-electron chi connectivity index (χ4n) is 1.51. The summed E-state index contributed by atoms with van der Waals surface area (Å²) in [5.41, 5.74) is 1.28. The van der Waals surface area contributed by atoms with Gasteiger partial charge in [-0.25, -0.2) is 0 Å². The molecule has 3 nitrogen and oxygen atoms in total. The van der Waals surface area contributed by atoms with E-state index in [9.17, 15) is 0 Å². The SMILES string of the molecule is COCCN(C)CCNCc1ccc(Br)c(Br)c1. The second-order valence-electron chi connectivity index (χ2n) is 4.22. The van der Waals surface area contributed by atoms with E-state index in [1.807, 2.05) is 0 Å². The standard InChI is InChI=1S/C13H20Br2N2O/c1-17(7-8-18-2)6-5-16-10-11-3-4-12(14)13(15)9-11/h3-4,9,16H,5-8,10H2,1-2H3. The van der Waals surface area contributed by atoms with Crippen LogP contribution in [-0.4, -0.2) is 45.3 Å². The second kappa shape index (κ2) is 9.04. The van der Waals surface area contributed by atoms with Crippen LogP contribution in [0.15, 0.2) is 27.1 Å². The van der Waals surface area contributed by atoms with Gasteiger partial charge in [0.05, 0.1) is 6.61 Å². The number of methoxy groups -OCH3 is 1. The Kier molecular flexibility index (Phi) is 8.10. The molecule has 0 amide bonds. The van der Waals surface area contributed by atoms with E-state index in [2.05, 4.69) is 67.3 Å². The normalized spacial score (nSPS) is 11.2. The molecular formula is C13H20Br2N2O. The van der Waals surface area contributed by atoms with Gasteiger partial charge < -0.3 is 15.0 Å². The van der Waals surface area contributed by atoms with Crippen molar-refractivity contribution in [3.8, 4) is 0 Å². The predicted molar refractivity (Wildman–Crippen MR) is 82.9 cm³/mol. The second-order valence-corrected chi connectivity index (χ2v) is 5.93. The summed E-state index contributed by atoms with van der Waals surface area (Å²) in [6, 6.07) is 6.31. The van der Waals surface area contributed by atoms with Crippen LogP contribution in [0.4, 0.5) is 0 Å². The first-order chi connectivity index (χ1) is 8.63. The third kappa shape index (κ3) is 6.29. The van der Waals surface area contributed by atoms with Crippen LogP contribution >= 0.6 is 31.9 Å². The molecule has 0 spiro atoms.